The SMILES string of the molecule is C#Cc1cccc(N(Cc2ccncc2)C(=O)C2CN(C(C)=O)C2)c1. The summed E-state index contributed by atoms with van der Waals surface area (Å²) in [6.07, 6.45) is 8.90. The van der Waals surface area contributed by atoms with Gasteiger partial charge in [0, 0.05) is 43.7 Å². The van der Waals surface area contributed by atoms with E-state index in [0.29, 0.717) is 19.6 Å². The highest BCUT2D eigenvalue weighted by Crippen LogP contribution is 2.25. The predicted molar refractivity (Wildman–Crippen MR) is 95.5 cm³/mol. The number of benzene rings is 1. The number of hydrogen-bond donors (Lipinski definition) is 0. The minimum Gasteiger partial charge on any atom is -0.341 e. The fraction of sp³-hybridized carbons (Fsp3) is 0.250. The minimum atomic E-state index is -0.180. The first-order chi connectivity index (χ1) is 12.1. The van der Waals surface area contributed by atoms with Crippen LogP contribution in [0.25, 0.3) is 0 Å². The first-order valence-corrected chi connectivity index (χ1v) is 8.11. The molecule has 1 aromatic carbocycles. The number of amides is 2. The van der Waals surface area contributed by atoms with Crippen molar-refractivity contribution in [1.82, 2.24) is 9.88 Å². The van der Waals surface area contributed by atoms with Crippen molar-refractivity contribution in [3.05, 3.63) is 59.9 Å². The van der Waals surface area contributed by atoms with E-state index in [1.165, 1.54) is 6.92 Å². The lowest BCUT2D eigenvalue weighted by molar-refractivity contribution is -0.140. The van der Waals surface area contributed by atoms with Crippen molar-refractivity contribution in [2.45, 2.75) is 13.5 Å². The number of likely N-dealkylation sites (tertiary alicyclic amines) is 1. The molecular weight excluding hydrogens is 314 g/mol. The summed E-state index contributed by atoms with van der Waals surface area (Å²) in [5.74, 6) is 2.43. The van der Waals surface area contributed by atoms with Crippen LogP contribution in [0, 0.1) is 18.3 Å². The van der Waals surface area contributed by atoms with Gasteiger partial charge in [-0.15, -0.1) is 6.42 Å². The average Bonchev–Trinajstić information content (AvgIpc) is 2.59. The maximum Gasteiger partial charge on any atom is 0.233 e. The van der Waals surface area contributed by atoms with E-state index in [2.05, 4.69) is 10.9 Å². The fourth-order valence-corrected chi connectivity index (χ4v) is 2.84. The number of carbonyl (C=O) groups excluding carboxylic acids is 2. The third-order valence-corrected chi connectivity index (χ3v) is 4.36. The number of hydrogen-bond acceptors (Lipinski definition) is 3. The van der Waals surface area contributed by atoms with Gasteiger partial charge in [-0.25, -0.2) is 0 Å². The van der Waals surface area contributed by atoms with Gasteiger partial charge in [-0.2, -0.15) is 0 Å². The largest absolute Gasteiger partial charge is 0.341 e. The highest BCUT2D eigenvalue weighted by molar-refractivity contribution is 5.96. The van der Waals surface area contributed by atoms with Crippen LogP contribution in [0.1, 0.15) is 18.1 Å². The molecule has 1 aliphatic rings. The second-order valence-corrected chi connectivity index (χ2v) is 6.10. The Balaban J connectivity index is 1.85. The van der Waals surface area contributed by atoms with Gasteiger partial charge in [-0.3, -0.25) is 14.6 Å². The molecule has 1 fully saturated rings. The summed E-state index contributed by atoms with van der Waals surface area (Å²) >= 11 is 0. The van der Waals surface area contributed by atoms with Crippen LogP contribution < -0.4 is 4.90 Å². The molecule has 0 N–H and O–H groups in total. The average molecular weight is 333 g/mol. The van der Waals surface area contributed by atoms with Crippen LogP contribution in [-0.4, -0.2) is 34.8 Å². The lowest BCUT2D eigenvalue weighted by Crippen LogP contribution is -2.56. The summed E-state index contributed by atoms with van der Waals surface area (Å²) in [6, 6.07) is 11.2. The Morgan fingerprint density at radius 3 is 2.64 bits per heavy atom. The quantitative estimate of drug-likeness (QED) is 0.805. The maximum atomic E-state index is 13.0. The Morgan fingerprint density at radius 1 is 1.28 bits per heavy atom. The molecule has 2 heterocycles. The summed E-state index contributed by atoms with van der Waals surface area (Å²) in [5, 5.41) is 0. The minimum absolute atomic E-state index is 0.000868. The van der Waals surface area contributed by atoms with E-state index in [4.69, 9.17) is 6.42 Å². The highest BCUT2D eigenvalue weighted by atomic mass is 16.2. The van der Waals surface area contributed by atoms with E-state index >= 15 is 0 Å². The van der Waals surface area contributed by atoms with E-state index in [1.807, 2.05) is 36.4 Å². The van der Waals surface area contributed by atoms with Crippen LogP contribution in [0.5, 0.6) is 0 Å². The van der Waals surface area contributed by atoms with Crippen molar-refractivity contribution in [1.29, 1.82) is 0 Å². The first-order valence-electron chi connectivity index (χ1n) is 8.11. The number of anilines is 1. The third-order valence-electron chi connectivity index (χ3n) is 4.36. The molecule has 1 saturated heterocycles. The Hall–Kier alpha value is -3.13. The molecule has 0 aliphatic carbocycles. The Kier molecular flexibility index (Phi) is 4.80. The van der Waals surface area contributed by atoms with Gasteiger partial charge >= 0.3 is 0 Å². The maximum absolute atomic E-state index is 13.0. The first kappa shape index (κ1) is 16.7. The van der Waals surface area contributed by atoms with Crippen molar-refractivity contribution >= 4 is 17.5 Å². The standard InChI is InChI=1S/C20H19N3O2/c1-3-16-5-4-6-19(11-16)23(12-17-7-9-21-10-8-17)20(25)18-13-22(14-18)15(2)24/h1,4-11,18H,12-14H2,2H3. The lowest BCUT2D eigenvalue weighted by Gasteiger charge is -2.40. The highest BCUT2D eigenvalue weighted by Gasteiger charge is 2.37. The molecule has 0 spiro atoms. The monoisotopic (exact) mass is 333 g/mol. The molecule has 0 radical (unpaired) electrons. The number of aromatic nitrogens is 1. The van der Waals surface area contributed by atoms with E-state index in [1.54, 1.807) is 22.2 Å². The molecule has 1 aliphatic heterocycles. The smallest absolute Gasteiger partial charge is 0.233 e. The topological polar surface area (TPSA) is 53.5 Å². The zero-order valence-electron chi connectivity index (χ0n) is 14.1. The van der Waals surface area contributed by atoms with Crippen molar-refractivity contribution in [3.8, 4) is 12.3 Å². The van der Waals surface area contributed by atoms with Crippen molar-refractivity contribution in [2.24, 2.45) is 5.92 Å². The molecule has 3 rings (SSSR count). The Bertz CT molecular complexity index is 820. The Labute approximate surface area is 147 Å². The second-order valence-electron chi connectivity index (χ2n) is 6.10. The van der Waals surface area contributed by atoms with Crippen LogP contribution in [0.4, 0.5) is 5.69 Å². The molecule has 25 heavy (non-hydrogen) atoms. The molecule has 0 atom stereocenters. The molecule has 126 valence electrons. The molecule has 5 heteroatoms. The van der Waals surface area contributed by atoms with Crippen molar-refractivity contribution in [3.63, 3.8) is 0 Å². The lowest BCUT2D eigenvalue weighted by atomic mass is 9.97. The van der Waals surface area contributed by atoms with Gasteiger partial charge in [0.05, 0.1) is 12.5 Å². The molecule has 2 amide bonds. The summed E-state index contributed by atoms with van der Waals surface area (Å²) in [4.78, 5) is 31.8. The van der Waals surface area contributed by atoms with Crippen LogP contribution in [0.15, 0.2) is 48.8 Å². The number of carbonyl (C=O) groups is 2. The van der Waals surface area contributed by atoms with Gasteiger partial charge in [-0.05, 0) is 35.9 Å². The number of rotatable bonds is 4. The van der Waals surface area contributed by atoms with Gasteiger partial charge < -0.3 is 9.80 Å². The fourth-order valence-electron chi connectivity index (χ4n) is 2.84. The third kappa shape index (κ3) is 3.69. The van der Waals surface area contributed by atoms with E-state index < -0.39 is 0 Å². The predicted octanol–water partition coefficient (Wildman–Crippen LogP) is 2.07. The molecule has 0 saturated carbocycles. The molecule has 1 aromatic heterocycles. The molecule has 2 aromatic rings. The number of nitrogens with zero attached hydrogens (tertiary/aromatic N) is 3. The van der Waals surface area contributed by atoms with Crippen LogP contribution in [0.3, 0.4) is 0 Å². The van der Waals surface area contributed by atoms with E-state index in [9.17, 15) is 9.59 Å². The van der Waals surface area contributed by atoms with E-state index in [0.717, 1.165) is 16.8 Å². The summed E-state index contributed by atoms with van der Waals surface area (Å²) < 4.78 is 0. The zero-order chi connectivity index (χ0) is 17.8. The summed E-state index contributed by atoms with van der Waals surface area (Å²) in [7, 11) is 0. The van der Waals surface area contributed by atoms with Crippen LogP contribution >= 0.6 is 0 Å². The van der Waals surface area contributed by atoms with Crippen LogP contribution in [0.2, 0.25) is 0 Å². The van der Waals surface area contributed by atoms with Crippen molar-refractivity contribution < 1.29 is 9.59 Å². The van der Waals surface area contributed by atoms with E-state index in [-0.39, 0.29) is 17.7 Å². The Morgan fingerprint density at radius 2 is 2.00 bits per heavy atom. The summed E-state index contributed by atoms with van der Waals surface area (Å²) in [5.41, 5.74) is 2.47. The zero-order valence-corrected chi connectivity index (χ0v) is 14.1. The molecular formula is C20H19N3O2. The van der Waals surface area contributed by atoms with Gasteiger partial charge in [-0.1, -0.05) is 12.0 Å². The van der Waals surface area contributed by atoms with Gasteiger partial charge in [0.25, 0.3) is 0 Å². The normalized spacial score (nSPS) is 13.7. The summed E-state index contributed by atoms with van der Waals surface area (Å²) in [6.45, 7) is 2.89. The van der Waals surface area contributed by atoms with Gasteiger partial charge in [0.2, 0.25) is 11.8 Å². The molecule has 0 unspecified atom stereocenters. The van der Waals surface area contributed by atoms with Crippen molar-refractivity contribution in [2.75, 3.05) is 18.0 Å². The van der Waals surface area contributed by atoms with Gasteiger partial charge in [0.1, 0.15) is 0 Å². The number of pyridine rings is 1. The van der Waals surface area contributed by atoms with Gasteiger partial charge in [0.15, 0.2) is 0 Å². The van der Waals surface area contributed by atoms with Crippen LogP contribution in [-0.2, 0) is 16.1 Å². The second kappa shape index (κ2) is 7.18. The molecule has 5 nitrogen and oxygen atoms in total. The molecule has 0 bridgehead atoms. The number of terminal acetylenes is 1.